The third-order valence-corrected chi connectivity index (χ3v) is 2.60. The van der Waals surface area contributed by atoms with E-state index in [9.17, 15) is 0 Å². The molecule has 0 unspecified atom stereocenters. The van der Waals surface area contributed by atoms with E-state index in [1.165, 1.54) is 0 Å². The molecular formula is C13H13N3O. The summed E-state index contributed by atoms with van der Waals surface area (Å²) in [6.07, 6.45) is 3.35. The second kappa shape index (κ2) is 4.62. The molecular weight excluding hydrogens is 214 g/mol. The van der Waals surface area contributed by atoms with Gasteiger partial charge in [-0.25, -0.2) is 0 Å². The number of furan rings is 1. The molecule has 0 aliphatic heterocycles. The Balaban J connectivity index is 2.20. The van der Waals surface area contributed by atoms with E-state index in [1.54, 1.807) is 24.7 Å². The van der Waals surface area contributed by atoms with Crippen LogP contribution in [0.15, 0.2) is 41.2 Å². The van der Waals surface area contributed by atoms with Crippen molar-refractivity contribution in [3.05, 3.63) is 47.9 Å². The fourth-order valence-corrected chi connectivity index (χ4v) is 1.63. The molecule has 0 aliphatic carbocycles. The van der Waals surface area contributed by atoms with Gasteiger partial charge in [0.25, 0.3) is 0 Å². The summed E-state index contributed by atoms with van der Waals surface area (Å²) in [6.45, 7) is 0.727. The van der Waals surface area contributed by atoms with Crippen molar-refractivity contribution in [2.45, 2.75) is 6.54 Å². The molecule has 1 heterocycles. The second-order valence-electron chi connectivity index (χ2n) is 3.87. The van der Waals surface area contributed by atoms with Crippen LogP contribution in [0.2, 0.25) is 0 Å². The van der Waals surface area contributed by atoms with E-state index in [0.29, 0.717) is 11.3 Å². The fourth-order valence-electron chi connectivity index (χ4n) is 1.63. The van der Waals surface area contributed by atoms with Gasteiger partial charge in [-0.2, -0.15) is 5.26 Å². The second-order valence-corrected chi connectivity index (χ2v) is 3.87. The van der Waals surface area contributed by atoms with Crippen molar-refractivity contribution in [1.82, 2.24) is 0 Å². The van der Waals surface area contributed by atoms with Crippen molar-refractivity contribution in [1.29, 1.82) is 5.26 Å². The molecule has 2 rings (SSSR count). The average molecular weight is 227 g/mol. The molecule has 4 nitrogen and oxygen atoms in total. The Morgan fingerprint density at radius 2 is 2.24 bits per heavy atom. The van der Waals surface area contributed by atoms with Crippen molar-refractivity contribution >= 4 is 11.4 Å². The Labute approximate surface area is 99.9 Å². The quantitative estimate of drug-likeness (QED) is 0.817. The number of hydrogen-bond donors (Lipinski definition) is 1. The van der Waals surface area contributed by atoms with Crippen LogP contribution in [0.1, 0.15) is 11.1 Å². The van der Waals surface area contributed by atoms with Crippen LogP contribution in [-0.4, -0.2) is 7.05 Å². The molecule has 0 bridgehead atoms. The smallest absolute Gasteiger partial charge is 0.101 e. The first-order chi connectivity index (χ1) is 8.20. The molecule has 2 aromatic rings. The molecule has 2 N–H and O–H groups in total. The van der Waals surface area contributed by atoms with Crippen LogP contribution in [0.3, 0.4) is 0 Å². The first kappa shape index (κ1) is 11.1. The monoisotopic (exact) mass is 227 g/mol. The first-order valence-corrected chi connectivity index (χ1v) is 5.22. The number of nitriles is 1. The van der Waals surface area contributed by atoms with Gasteiger partial charge in [0.2, 0.25) is 0 Å². The van der Waals surface area contributed by atoms with Crippen molar-refractivity contribution in [2.24, 2.45) is 0 Å². The maximum atomic E-state index is 8.92. The molecule has 4 heteroatoms. The lowest BCUT2D eigenvalue weighted by Gasteiger charge is -2.18. The summed E-state index contributed by atoms with van der Waals surface area (Å²) in [5.41, 5.74) is 8.73. The van der Waals surface area contributed by atoms with Gasteiger partial charge in [-0.15, -0.1) is 0 Å². The average Bonchev–Trinajstić information content (AvgIpc) is 2.82. The van der Waals surface area contributed by atoms with Crippen molar-refractivity contribution in [3.8, 4) is 6.07 Å². The Kier molecular flexibility index (Phi) is 3.01. The van der Waals surface area contributed by atoms with E-state index in [4.69, 9.17) is 15.4 Å². The largest absolute Gasteiger partial charge is 0.472 e. The van der Waals surface area contributed by atoms with Gasteiger partial charge in [0, 0.05) is 30.5 Å². The maximum Gasteiger partial charge on any atom is 0.101 e. The molecule has 17 heavy (non-hydrogen) atoms. The minimum atomic E-state index is 0.501. The lowest BCUT2D eigenvalue weighted by molar-refractivity contribution is 0.563. The van der Waals surface area contributed by atoms with E-state index >= 15 is 0 Å². The molecule has 86 valence electrons. The van der Waals surface area contributed by atoms with Gasteiger partial charge in [0.05, 0.1) is 18.1 Å². The van der Waals surface area contributed by atoms with Crippen molar-refractivity contribution < 1.29 is 4.42 Å². The number of nitrogens with zero attached hydrogens (tertiary/aromatic N) is 2. The predicted molar refractivity (Wildman–Crippen MR) is 66.4 cm³/mol. The lowest BCUT2D eigenvalue weighted by Crippen LogP contribution is -2.16. The maximum absolute atomic E-state index is 8.92. The van der Waals surface area contributed by atoms with Gasteiger partial charge < -0.3 is 15.1 Å². The van der Waals surface area contributed by atoms with Crippen LogP contribution in [0.5, 0.6) is 0 Å². The van der Waals surface area contributed by atoms with E-state index < -0.39 is 0 Å². The Morgan fingerprint density at radius 3 is 2.88 bits per heavy atom. The molecule has 0 atom stereocenters. The van der Waals surface area contributed by atoms with Crippen molar-refractivity contribution in [2.75, 3.05) is 17.7 Å². The van der Waals surface area contributed by atoms with E-state index in [1.807, 2.05) is 24.1 Å². The minimum Gasteiger partial charge on any atom is -0.472 e. The number of anilines is 2. The number of benzene rings is 1. The summed E-state index contributed by atoms with van der Waals surface area (Å²) in [5, 5.41) is 8.92. The molecule has 1 aromatic carbocycles. The molecule has 0 spiro atoms. The zero-order chi connectivity index (χ0) is 12.3. The van der Waals surface area contributed by atoms with Crippen LogP contribution < -0.4 is 10.6 Å². The molecule has 1 aromatic heterocycles. The van der Waals surface area contributed by atoms with Gasteiger partial charge >= 0.3 is 0 Å². The van der Waals surface area contributed by atoms with Crippen LogP contribution in [0, 0.1) is 11.3 Å². The standard InChI is InChI=1S/C13H13N3O/c1-16(8-10-4-5-17-9-10)12-2-3-13(15)11(6-12)7-14/h2-6,9H,8,15H2,1H3. The van der Waals surface area contributed by atoms with Crippen LogP contribution in [0.25, 0.3) is 0 Å². The van der Waals surface area contributed by atoms with E-state index in [-0.39, 0.29) is 0 Å². The summed E-state index contributed by atoms with van der Waals surface area (Å²) in [7, 11) is 1.96. The highest BCUT2D eigenvalue weighted by Crippen LogP contribution is 2.21. The summed E-state index contributed by atoms with van der Waals surface area (Å²) in [5.74, 6) is 0. The predicted octanol–water partition coefficient (Wildman–Crippen LogP) is 2.37. The van der Waals surface area contributed by atoms with Gasteiger partial charge in [0.1, 0.15) is 6.07 Å². The van der Waals surface area contributed by atoms with Gasteiger partial charge in [-0.1, -0.05) is 0 Å². The minimum absolute atomic E-state index is 0.501. The molecule has 0 radical (unpaired) electrons. The summed E-state index contributed by atoms with van der Waals surface area (Å²) < 4.78 is 5.02. The van der Waals surface area contributed by atoms with Crippen LogP contribution in [-0.2, 0) is 6.54 Å². The number of rotatable bonds is 3. The van der Waals surface area contributed by atoms with E-state index in [2.05, 4.69) is 6.07 Å². The molecule has 0 fully saturated rings. The summed E-state index contributed by atoms with van der Waals surface area (Å²) in [4.78, 5) is 2.03. The highest BCUT2D eigenvalue weighted by Gasteiger charge is 2.06. The van der Waals surface area contributed by atoms with Gasteiger partial charge in [-0.3, -0.25) is 0 Å². The highest BCUT2D eigenvalue weighted by molar-refractivity contribution is 5.62. The third-order valence-electron chi connectivity index (χ3n) is 2.60. The molecule has 0 aliphatic rings. The fraction of sp³-hybridized carbons (Fsp3) is 0.154. The van der Waals surface area contributed by atoms with Crippen LogP contribution in [0.4, 0.5) is 11.4 Å². The zero-order valence-corrected chi connectivity index (χ0v) is 9.55. The zero-order valence-electron chi connectivity index (χ0n) is 9.55. The topological polar surface area (TPSA) is 66.2 Å². The normalized spacial score (nSPS) is 9.88. The molecule has 0 saturated carbocycles. The van der Waals surface area contributed by atoms with Gasteiger partial charge in [-0.05, 0) is 24.3 Å². The van der Waals surface area contributed by atoms with Crippen molar-refractivity contribution in [3.63, 3.8) is 0 Å². The first-order valence-electron chi connectivity index (χ1n) is 5.22. The SMILES string of the molecule is CN(Cc1ccoc1)c1ccc(N)c(C#N)c1. The Hall–Kier alpha value is -2.41. The summed E-state index contributed by atoms with van der Waals surface area (Å²) in [6, 6.07) is 9.43. The van der Waals surface area contributed by atoms with Crippen LogP contribution >= 0.6 is 0 Å². The van der Waals surface area contributed by atoms with E-state index in [0.717, 1.165) is 17.8 Å². The number of nitrogen functional groups attached to an aromatic ring is 1. The molecule has 0 amide bonds. The number of hydrogen-bond acceptors (Lipinski definition) is 4. The third kappa shape index (κ3) is 2.40. The summed E-state index contributed by atoms with van der Waals surface area (Å²) >= 11 is 0. The van der Waals surface area contributed by atoms with Gasteiger partial charge in [0.15, 0.2) is 0 Å². The number of nitrogens with two attached hydrogens (primary N) is 1. The lowest BCUT2D eigenvalue weighted by atomic mass is 10.1. The molecule has 0 saturated heterocycles. The Morgan fingerprint density at radius 1 is 1.41 bits per heavy atom. The Bertz CT molecular complexity index is 540. The highest BCUT2D eigenvalue weighted by atomic mass is 16.3.